The van der Waals surface area contributed by atoms with Crippen molar-refractivity contribution in [1.29, 1.82) is 0 Å². The molecule has 5 nitrogen and oxygen atoms in total. The number of hydrogen-bond donors (Lipinski definition) is 2. The molecule has 2 heterocycles. The van der Waals surface area contributed by atoms with Crippen LogP contribution in [0.1, 0.15) is 37.0 Å². The molecule has 2 aliphatic rings. The molecule has 0 spiro atoms. The van der Waals surface area contributed by atoms with Crippen LogP contribution in [0.2, 0.25) is 0 Å². The summed E-state index contributed by atoms with van der Waals surface area (Å²) in [6.07, 6.45) is 2.11. The largest absolute Gasteiger partial charge is 0.341 e. The van der Waals surface area contributed by atoms with Gasteiger partial charge in [-0.1, -0.05) is 32.0 Å². The Morgan fingerprint density at radius 1 is 1.08 bits per heavy atom. The Bertz CT molecular complexity index is 588. The lowest BCUT2D eigenvalue weighted by Crippen LogP contribution is -2.51. The third-order valence-corrected chi connectivity index (χ3v) is 5.59. The molecule has 1 aromatic carbocycles. The van der Waals surface area contributed by atoms with Crippen LogP contribution in [-0.4, -0.2) is 48.9 Å². The monoisotopic (exact) mass is 343 g/mol. The standard InChI is InChI=1S/C20H29N3O2/c1-14(2)18(22-19(24)15-6-4-3-5-7-15)20(25)23-10-8-16-12-21-13-17(16)9-11-23/h3-7,14,16-18,21H,8-13H2,1-2H3,(H,22,24)/t16-,17+,18?. The molecule has 1 unspecified atom stereocenters. The van der Waals surface area contributed by atoms with Gasteiger partial charge >= 0.3 is 0 Å². The lowest BCUT2D eigenvalue weighted by Gasteiger charge is -2.29. The van der Waals surface area contributed by atoms with Gasteiger partial charge in [0.05, 0.1) is 0 Å². The molecule has 1 aromatic rings. The van der Waals surface area contributed by atoms with Crippen molar-refractivity contribution in [2.24, 2.45) is 17.8 Å². The van der Waals surface area contributed by atoms with Gasteiger partial charge in [-0.05, 0) is 55.8 Å². The first-order chi connectivity index (χ1) is 12.1. The average molecular weight is 343 g/mol. The second-order valence-corrected chi connectivity index (χ2v) is 7.64. The molecule has 2 fully saturated rings. The van der Waals surface area contributed by atoms with Gasteiger partial charge in [-0.3, -0.25) is 9.59 Å². The Morgan fingerprint density at radius 2 is 1.68 bits per heavy atom. The van der Waals surface area contributed by atoms with E-state index in [9.17, 15) is 9.59 Å². The number of likely N-dealkylation sites (tertiary alicyclic amines) is 1. The third-order valence-electron chi connectivity index (χ3n) is 5.59. The molecular formula is C20H29N3O2. The first kappa shape index (κ1) is 17.9. The summed E-state index contributed by atoms with van der Waals surface area (Å²) in [5, 5.41) is 6.42. The SMILES string of the molecule is CC(C)C(NC(=O)c1ccccc1)C(=O)N1CC[C@@H]2CNC[C@@H]2CC1. The van der Waals surface area contributed by atoms with Gasteiger partial charge < -0.3 is 15.5 Å². The number of nitrogens with zero attached hydrogens (tertiary/aromatic N) is 1. The maximum Gasteiger partial charge on any atom is 0.251 e. The van der Waals surface area contributed by atoms with Crippen molar-refractivity contribution in [3.63, 3.8) is 0 Å². The van der Waals surface area contributed by atoms with Crippen LogP contribution in [0.4, 0.5) is 0 Å². The van der Waals surface area contributed by atoms with Crippen molar-refractivity contribution in [3.05, 3.63) is 35.9 Å². The zero-order chi connectivity index (χ0) is 17.8. The van der Waals surface area contributed by atoms with Crippen LogP contribution >= 0.6 is 0 Å². The molecule has 2 N–H and O–H groups in total. The highest BCUT2D eigenvalue weighted by atomic mass is 16.2. The molecule has 5 heteroatoms. The van der Waals surface area contributed by atoms with E-state index < -0.39 is 6.04 Å². The second-order valence-electron chi connectivity index (χ2n) is 7.64. The highest BCUT2D eigenvalue weighted by Gasteiger charge is 2.34. The highest BCUT2D eigenvalue weighted by Crippen LogP contribution is 2.27. The Labute approximate surface area is 150 Å². The summed E-state index contributed by atoms with van der Waals surface area (Å²) in [5.41, 5.74) is 0.595. The number of fused-ring (bicyclic) bond motifs is 1. The van der Waals surface area contributed by atoms with Crippen LogP contribution < -0.4 is 10.6 Å². The van der Waals surface area contributed by atoms with Crippen molar-refractivity contribution >= 4 is 11.8 Å². The molecule has 0 radical (unpaired) electrons. The second kappa shape index (κ2) is 8.00. The number of benzene rings is 1. The Balaban J connectivity index is 1.65. The zero-order valence-electron chi connectivity index (χ0n) is 15.2. The van der Waals surface area contributed by atoms with Gasteiger partial charge in [-0.15, -0.1) is 0 Å². The molecule has 0 saturated carbocycles. The Morgan fingerprint density at radius 3 is 2.24 bits per heavy atom. The van der Waals surface area contributed by atoms with Crippen LogP contribution in [0.25, 0.3) is 0 Å². The predicted octanol–water partition coefficient (Wildman–Crippen LogP) is 1.90. The molecule has 2 amide bonds. The van der Waals surface area contributed by atoms with Gasteiger partial charge in [-0.2, -0.15) is 0 Å². The molecule has 25 heavy (non-hydrogen) atoms. The number of nitrogens with one attached hydrogen (secondary N) is 2. The number of carbonyl (C=O) groups excluding carboxylic acids is 2. The normalized spacial score (nSPS) is 24.5. The fraction of sp³-hybridized carbons (Fsp3) is 0.600. The van der Waals surface area contributed by atoms with Gasteiger partial charge in [0.1, 0.15) is 6.04 Å². The Hall–Kier alpha value is -1.88. The first-order valence-electron chi connectivity index (χ1n) is 9.41. The minimum atomic E-state index is -0.469. The molecule has 3 atom stereocenters. The van der Waals surface area contributed by atoms with E-state index in [2.05, 4.69) is 10.6 Å². The van der Waals surface area contributed by atoms with Crippen LogP contribution in [0.3, 0.4) is 0 Å². The van der Waals surface area contributed by atoms with Crippen molar-refractivity contribution in [3.8, 4) is 0 Å². The topological polar surface area (TPSA) is 61.4 Å². The van der Waals surface area contributed by atoms with E-state index in [4.69, 9.17) is 0 Å². The summed E-state index contributed by atoms with van der Waals surface area (Å²) in [7, 11) is 0. The Kier molecular flexibility index (Phi) is 5.74. The molecule has 2 aliphatic heterocycles. The third kappa shape index (κ3) is 4.21. The summed E-state index contributed by atoms with van der Waals surface area (Å²) in [6.45, 7) is 7.73. The number of carbonyl (C=O) groups is 2. The van der Waals surface area contributed by atoms with Crippen molar-refractivity contribution in [2.75, 3.05) is 26.2 Å². The average Bonchev–Trinajstić information content (AvgIpc) is 2.97. The lowest BCUT2D eigenvalue weighted by atomic mass is 9.92. The van der Waals surface area contributed by atoms with E-state index >= 15 is 0 Å². The van der Waals surface area contributed by atoms with E-state index in [1.165, 1.54) is 0 Å². The van der Waals surface area contributed by atoms with E-state index in [1.807, 2.05) is 36.9 Å². The lowest BCUT2D eigenvalue weighted by molar-refractivity contribution is -0.134. The van der Waals surface area contributed by atoms with Crippen LogP contribution in [-0.2, 0) is 4.79 Å². The van der Waals surface area contributed by atoms with Crippen molar-refractivity contribution < 1.29 is 9.59 Å². The minimum Gasteiger partial charge on any atom is -0.341 e. The van der Waals surface area contributed by atoms with Gasteiger partial charge in [0.25, 0.3) is 5.91 Å². The van der Waals surface area contributed by atoms with Gasteiger partial charge in [-0.25, -0.2) is 0 Å². The van der Waals surface area contributed by atoms with Gasteiger partial charge in [0, 0.05) is 18.7 Å². The first-order valence-corrected chi connectivity index (χ1v) is 9.41. The smallest absolute Gasteiger partial charge is 0.251 e. The maximum absolute atomic E-state index is 13.1. The van der Waals surface area contributed by atoms with Crippen LogP contribution in [0.15, 0.2) is 30.3 Å². The van der Waals surface area contributed by atoms with E-state index in [0.29, 0.717) is 17.4 Å². The quantitative estimate of drug-likeness (QED) is 0.878. The van der Waals surface area contributed by atoms with E-state index in [1.54, 1.807) is 12.1 Å². The molecule has 2 saturated heterocycles. The summed E-state index contributed by atoms with van der Waals surface area (Å²) in [6, 6.07) is 8.63. The summed E-state index contributed by atoms with van der Waals surface area (Å²) < 4.78 is 0. The van der Waals surface area contributed by atoms with E-state index in [-0.39, 0.29) is 17.7 Å². The number of hydrogen-bond acceptors (Lipinski definition) is 3. The molecular weight excluding hydrogens is 314 g/mol. The number of rotatable bonds is 4. The molecule has 136 valence electrons. The highest BCUT2D eigenvalue weighted by molar-refractivity contribution is 5.97. The molecule has 3 rings (SSSR count). The van der Waals surface area contributed by atoms with Gasteiger partial charge in [0.2, 0.25) is 5.91 Å². The molecule has 0 aromatic heterocycles. The predicted molar refractivity (Wildman–Crippen MR) is 98.2 cm³/mol. The maximum atomic E-state index is 13.1. The van der Waals surface area contributed by atoms with Crippen LogP contribution in [0.5, 0.6) is 0 Å². The molecule has 0 bridgehead atoms. The minimum absolute atomic E-state index is 0.0598. The summed E-state index contributed by atoms with van der Waals surface area (Å²) in [5.74, 6) is 1.32. The van der Waals surface area contributed by atoms with Crippen molar-refractivity contribution in [1.82, 2.24) is 15.5 Å². The summed E-state index contributed by atoms with van der Waals surface area (Å²) >= 11 is 0. The number of amides is 2. The van der Waals surface area contributed by atoms with Gasteiger partial charge in [0.15, 0.2) is 0 Å². The zero-order valence-corrected chi connectivity index (χ0v) is 15.2. The molecule has 0 aliphatic carbocycles. The van der Waals surface area contributed by atoms with Crippen molar-refractivity contribution in [2.45, 2.75) is 32.7 Å². The van der Waals surface area contributed by atoms with E-state index in [0.717, 1.165) is 39.0 Å². The fourth-order valence-corrected chi connectivity index (χ4v) is 3.96. The van der Waals surface area contributed by atoms with Crippen LogP contribution in [0, 0.1) is 17.8 Å². The summed E-state index contributed by atoms with van der Waals surface area (Å²) in [4.78, 5) is 27.5. The fourth-order valence-electron chi connectivity index (χ4n) is 3.96.